The fourth-order valence-electron chi connectivity index (χ4n) is 3.45. The van der Waals surface area contributed by atoms with Crippen LogP contribution in [-0.4, -0.2) is 24.1 Å². The van der Waals surface area contributed by atoms with Gasteiger partial charge in [0.05, 0.1) is 23.6 Å². The topological polar surface area (TPSA) is 107 Å². The molecule has 4 rings (SSSR count). The van der Waals surface area contributed by atoms with Crippen molar-refractivity contribution in [3.05, 3.63) is 101 Å². The zero-order chi connectivity index (χ0) is 23.4. The average Bonchev–Trinajstić information content (AvgIpc) is 3.17. The molecule has 168 valence electrons. The van der Waals surface area contributed by atoms with Crippen molar-refractivity contribution < 1.29 is 13.2 Å². The molecule has 3 aromatic carbocycles. The summed E-state index contributed by atoms with van der Waals surface area (Å²) in [5.74, 6) is -0.563. The molecule has 1 aromatic heterocycles. The second-order valence-electron chi connectivity index (χ2n) is 7.52. The van der Waals surface area contributed by atoms with Crippen LogP contribution in [-0.2, 0) is 27.0 Å². The van der Waals surface area contributed by atoms with E-state index in [4.69, 9.17) is 21.8 Å². The van der Waals surface area contributed by atoms with Crippen molar-refractivity contribution in [2.24, 2.45) is 5.14 Å². The number of aromatic nitrogens is 2. The minimum atomic E-state index is -3.67. The number of nitrogens with zero attached hydrogens (tertiary/aromatic N) is 2. The normalized spacial score (nSPS) is 11.3. The summed E-state index contributed by atoms with van der Waals surface area (Å²) >= 11 is 6.03. The minimum absolute atomic E-state index is 0.0736. The van der Waals surface area contributed by atoms with Gasteiger partial charge >= 0.3 is 0 Å². The van der Waals surface area contributed by atoms with Crippen molar-refractivity contribution in [2.45, 2.75) is 12.2 Å². The summed E-state index contributed by atoms with van der Waals surface area (Å²) in [6.07, 6.45) is 1.90. The van der Waals surface area contributed by atoms with Gasteiger partial charge in [0.2, 0.25) is 15.9 Å². The van der Waals surface area contributed by atoms with E-state index in [2.05, 4.69) is 5.32 Å². The number of halogens is 1. The van der Waals surface area contributed by atoms with Gasteiger partial charge in [0, 0.05) is 28.0 Å². The summed E-state index contributed by atoms with van der Waals surface area (Å²) < 4.78 is 24.5. The number of carbonyl (C=O) groups excluding carboxylic acids is 1. The summed E-state index contributed by atoms with van der Waals surface area (Å²) in [6.45, 7) is 0. The number of sulfonamides is 1. The third kappa shape index (κ3) is 6.07. The van der Waals surface area contributed by atoms with Crippen molar-refractivity contribution in [1.29, 1.82) is 0 Å². The minimum Gasteiger partial charge on any atom is -0.326 e. The second-order valence-corrected chi connectivity index (χ2v) is 9.57. The molecule has 0 fully saturated rings. The number of primary sulfonamides is 1. The van der Waals surface area contributed by atoms with E-state index in [0.29, 0.717) is 22.0 Å². The van der Waals surface area contributed by atoms with Gasteiger partial charge in [-0.3, -0.25) is 4.79 Å². The van der Waals surface area contributed by atoms with Crippen LogP contribution in [0.2, 0.25) is 5.02 Å². The number of carbonyl (C=O) groups is 1. The third-order valence-electron chi connectivity index (χ3n) is 4.86. The van der Waals surface area contributed by atoms with Crippen molar-refractivity contribution >= 4 is 33.2 Å². The van der Waals surface area contributed by atoms with Crippen LogP contribution in [0.1, 0.15) is 11.1 Å². The van der Waals surface area contributed by atoms with Crippen LogP contribution in [0.3, 0.4) is 0 Å². The van der Waals surface area contributed by atoms with Crippen molar-refractivity contribution in [3.63, 3.8) is 0 Å². The average molecular weight is 481 g/mol. The first kappa shape index (κ1) is 22.7. The number of nitrogens with two attached hydrogens (primary N) is 1. The molecular weight excluding hydrogens is 460 g/mol. The van der Waals surface area contributed by atoms with E-state index in [0.717, 1.165) is 16.8 Å². The zero-order valence-corrected chi connectivity index (χ0v) is 19.1. The molecule has 0 bridgehead atoms. The lowest BCUT2D eigenvalue weighted by atomic mass is 10.1. The van der Waals surface area contributed by atoms with E-state index in [1.165, 1.54) is 0 Å². The van der Waals surface area contributed by atoms with E-state index in [-0.39, 0.29) is 18.1 Å². The highest BCUT2D eigenvalue weighted by Crippen LogP contribution is 2.26. The SMILES string of the molecule is NS(=O)(=O)Cc1cccc(NC(=O)Cc2cn(-c3ccccc3)nc2-c2ccc(Cl)cc2)c1. The van der Waals surface area contributed by atoms with Crippen molar-refractivity contribution in [1.82, 2.24) is 9.78 Å². The summed E-state index contributed by atoms with van der Waals surface area (Å²) in [5, 5.41) is 13.3. The fourth-order valence-corrected chi connectivity index (χ4v) is 4.22. The monoisotopic (exact) mass is 480 g/mol. The molecule has 0 atom stereocenters. The Morgan fingerprint density at radius 3 is 2.42 bits per heavy atom. The predicted molar refractivity (Wildman–Crippen MR) is 130 cm³/mol. The standard InChI is InChI=1S/C24H21ClN4O3S/c25-20-11-9-18(10-12-20)24-19(15-29(28-24)22-7-2-1-3-8-22)14-23(30)27-21-6-4-5-17(13-21)16-33(26,31)32/h1-13,15H,14,16H2,(H,27,30)(H2,26,31,32). The lowest BCUT2D eigenvalue weighted by molar-refractivity contribution is -0.115. The van der Waals surface area contributed by atoms with Gasteiger partial charge in [-0.05, 0) is 42.0 Å². The molecule has 7 nitrogen and oxygen atoms in total. The fraction of sp³-hybridized carbons (Fsp3) is 0.0833. The van der Waals surface area contributed by atoms with E-state index in [1.54, 1.807) is 41.1 Å². The number of hydrogen-bond acceptors (Lipinski definition) is 4. The van der Waals surface area contributed by atoms with Gasteiger partial charge in [0.15, 0.2) is 0 Å². The number of benzene rings is 3. The molecule has 4 aromatic rings. The largest absolute Gasteiger partial charge is 0.326 e. The Bertz CT molecular complexity index is 1380. The lowest BCUT2D eigenvalue weighted by Crippen LogP contribution is -2.16. The molecule has 0 saturated heterocycles. The summed E-state index contributed by atoms with van der Waals surface area (Å²) in [7, 11) is -3.67. The summed E-state index contributed by atoms with van der Waals surface area (Å²) in [6, 6.07) is 23.5. The highest BCUT2D eigenvalue weighted by Gasteiger charge is 2.16. The van der Waals surface area contributed by atoms with Gasteiger partial charge in [-0.1, -0.05) is 54.1 Å². The van der Waals surface area contributed by atoms with Crippen LogP contribution in [0.5, 0.6) is 0 Å². The number of amides is 1. The van der Waals surface area contributed by atoms with Crippen LogP contribution in [0, 0.1) is 0 Å². The molecule has 3 N–H and O–H groups in total. The highest BCUT2D eigenvalue weighted by atomic mass is 35.5. The molecule has 33 heavy (non-hydrogen) atoms. The third-order valence-corrected chi connectivity index (χ3v) is 5.85. The maximum absolute atomic E-state index is 12.8. The molecule has 0 aliphatic carbocycles. The second kappa shape index (κ2) is 9.58. The Kier molecular flexibility index (Phi) is 6.60. The Balaban J connectivity index is 1.60. The first-order valence-electron chi connectivity index (χ1n) is 10.1. The molecule has 1 amide bonds. The molecule has 0 saturated carbocycles. The van der Waals surface area contributed by atoms with Gasteiger partial charge in [-0.15, -0.1) is 0 Å². The quantitative estimate of drug-likeness (QED) is 0.414. The van der Waals surface area contributed by atoms with Crippen LogP contribution < -0.4 is 10.5 Å². The van der Waals surface area contributed by atoms with E-state index >= 15 is 0 Å². The molecular formula is C24H21ClN4O3S. The van der Waals surface area contributed by atoms with E-state index < -0.39 is 10.0 Å². The van der Waals surface area contributed by atoms with Gasteiger partial charge in [0.1, 0.15) is 0 Å². The van der Waals surface area contributed by atoms with Crippen molar-refractivity contribution in [2.75, 3.05) is 5.32 Å². The first-order chi connectivity index (χ1) is 15.8. The van der Waals surface area contributed by atoms with E-state index in [1.807, 2.05) is 48.7 Å². The molecule has 0 unspecified atom stereocenters. The lowest BCUT2D eigenvalue weighted by Gasteiger charge is -2.07. The molecule has 0 aliphatic heterocycles. The Labute approximate surface area is 196 Å². The molecule has 0 aliphatic rings. The molecule has 0 spiro atoms. The van der Waals surface area contributed by atoms with Gasteiger partial charge in [0.25, 0.3) is 0 Å². The number of anilines is 1. The van der Waals surface area contributed by atoms with Gasteiger partial charge in [-0.25, -0.2) is 18.2 Å². The van der Waals surface area contributed by atoms with Crippen LogP contribution in [0.25, 0.3) is 16.9 Å². The van der Waals surface area contributed by atoms with Gasteiger partial charge < -0.3 is 5.32 Å². The maximum atomic E-state index is 12.8. The smallest absolute Gasteiger partial charge is 0.228 e. The number of hydrogen-bond donors (Lipinski definition) is 2. The Morgan fingerprint density at radius 2 is 1.73 bits per heavy atom. The summed E-state index contributed by atoms with van der Waals surface area (Å²) in [4.78, 5) is 12.8. The molecule has 0 radical (unpaired) electrons. The van der Waals surface area contributed by atoms with E-state index in [9.17, 15) is 13.2 Å². The van der Waals surface area contributed by atoms with Crippen LogP contribution >= 0.6 is 11.6 Å². The Hall–Kier alpha value is -3.46. The number of nitrogens with one attached hydrogen (secondary N) is 1. The van der Waals surface area contributed by atoms with Crippen LogP contribution in [0.15, 0.2) is 85.1 Å². The molecule has 1 heterocycles. The highest BCUT2D eigenvalue weighted by molar-refractivity contribution is 7.88. The zero-order valence-electron chi connectivity index (χ0n) is 17.5. The number of rotatable bonds is 7. The van der Waals surface area contributed by atoms with Crippen molar-refractivity contribution in [3.8, 4) is 16.9 Å². The predicted octanol–water partition coefficient (Wildman–Crippen LogP) is 4.16. The number of para-hydroxylation sites is 1. The van der Waals surface area contributed by atoms with Gasteiger partial charge in [-0.2, -0.15) is 5.10 Å². The van der Waals surface area contributed by atoms with Crippen LogP contribution in [0.4, 0.5) is 5.69 Å². The molecule has 9 heteroatoms. The Morgan fingerprint density at radius 1 is 1.00 bits per heavy atom. The summed E-state index contributed by atoms with van der Waals surface area (Å²) in [5.41, 5.74) is 4.11. The first-order valence-corrected chi connectivity index (χ1v) is 12.2. The maximum Gasteiger partial charge on any atom is 0.228 e.